The summed E-state index contributed by atoms with van der Waals surface area (Å²) in [6.45, 7) is 2.04. The standard InChI is InChI=1S/C13H13BrN4/c1-9(13-5-6-16-18(13)2)17-12-7-11(14)4-3-10(12)8-15/h3-7,9,17H,1-2H3. The molecule has 0 amide bonds. The van der Waals surface area contributed by atoms with Crippen molar-refractivity contribution in [3.63, 3.8) is 0 Å². The number of halogens is 1. The van der Waals surface area contributed by atoms with Crippen LogP contribution in [0.1, 0.15) is 24.2 Å². The normalized spacial score (nSPS) is 11.9. The fraction of sp³-hybridized carbons (Fsp3) is 0.231. The van der Waals surface area contributed by atoms with Crippen LogP contribution >= 0.6 is 15.9 Å². The minimum atomic E-state index is 0.0823. The van der Waals surface area contributed by atoms with E-state index in [9.17, 15) is 0 Å². The molecule has 0 saturated heterocycles. The summed E-state index contributed by atoms with van der Waals surface area (Å²) in [6.07, 6.45) is 1.76. The maximum atomic E-state index is 9.08. The lowest BCUT2D eigenvalue weighted by atomic mass is 10.1. The zero-order chi connectivity index (χ0) is 13.1. The van der Waals surface area contributed by atoms with E-state index in [1.54, 1.807) is 12.3 Å². The maximum absolute atomic E-state index is 9.08. The Balaban J connectivity index is 2.27. The largest absolute Gasteiger partial charge is 0.376 e. The van der Waals surface area contributed by atoms with Crippen LogP contribution in [0, 0.1) is 11.3 Å². The first-order valence-electron chi connectivity index (χ1n) is 5.56. The van der Waals surface area contributed by atoms with E-state index >= 15 is 0 Å². The van der Waals surface area contributed by atoms with Gasteiger partial charge < -0.3 is 5.32 Å². The Morgan fingerprint density at radius 1 is 1.44 bits per heavy atom. The van der Waals surface area contributed by atoms with Crippen LogP contribution in [0.15, 0.2) is 34.9 Å². The fourth-order valence-electron chi connectivity index (χ4n) is 1.85. The first kappa shape index (κ1) is 12.7. The van der Waals surface area contributed by atoms with Gasteiger partial charge >= 0.3 is 0 Å². The first-order valence-corrected chi connectivity index (χ1v) is 6.35. The van der Waals surface area contributed by atoms with Crippen LogP contribution in [0.5, 0.6) is 0 Å². The van der Waals surface area contributed by atoms with Crippen LogP contribution in [0.25, 0.3) is 0 Å². The quantitative estimate of drug-likeness (QED) is 0.947. The highest BCUT2D eigenvalue weighted by molar-refractivity contribution is 9.10. The predicted octanol–water partition coefficient (Wildman–Crippen LogP) is 3.23. The second-order valence-electron chi connectivity index (χ2n) is 4.05. The Bertz CT molecular complexity index is 597. The summed E-state index contributed by atoms with van der Waals surface area (Å²) in [5.41, 5.74) is 2.52. The molecule has 5 heteroatoms. The lowest BCUT2D eigenvalue weighted by Crippen LogP contribution is -2.12. The molecule has 0 aliphatic carbocycles. The summed E-state index contributed by atoms with van der Waals surface area (Å²) in [5, 5.41) is 16.6. The molecular formula is C13H13BrN4. The average molecular weight is 305 g/mol. The van der Waals surface area contributed by atoms with Crippen molar-refractivity contribution in [1.29, 1.82) is 5.26 Å². The second kappa shape index (κ2) is 5.23. The number of rotatable bonds is 3. The summed E-state index contributed by atoms with van der Waals surface area (Å²) in [7, 11) is 1.90. The number of nitriles is 1. The molecule has 4 nitrogen and oxygen atoms in total. The molecule has 1 atom stereocenters. The fourth-order valence-corrected chi connectivity index (χ4v) is 2.21. The van der Waals surface area contributed by atoms with E-state index in [0.29, 0.717) is 5.56 Å². The minimum Gasteiger partial charge on any atom is -0.376 e. The highest BCUT2D eigenvalue weighted by Gasteiger charge is 2.11. The molecule has 1 heterocycles. The molecule has 1 aromatic carbocycles. The van der Waals surface area contributed by atoms with E-state index in [1.807, 2.05) is 36.9 Å². The number of anilines is 1. The third-order valence-electron chi connectivity index (χ3n) is 2.78. The molecule has 0 aliphatic rings. The lowest BCUT2D eigenvalue weighted by Gasteiger charge is -2.16. The maximum Gasteiger partial charge on any atom is 0.101 e. The number of hydrogen-bond acceptors (Lipinski definition) is 3. The van der Waals surface area contributed by atoms with Gasteiger partial charge in [-0.15, -0.1) is 0 Å². The van der Waals surface area contributed by atoms with Gasteiger partial charge in [-0.05, 0) is 31.2 Å². The third kappa shape index (κ3) is 2.54. The number of aryl methyl sites for hydroxylation is 1. The molecule has 0 spiro atoms. The Hall–Kier alpha value is -1.80. The Morgan fingerprint density at radius 3 is 2.83 bits per heavy atom. The van der Waals surface area contributed by atoms with Gasteiger partial charge in [0.25, 0.3) is 0 Å². The van der Waals surface area contributed by atoms with E-state index in [1.165, 1.54) is 0 Å². The molecule has 92 valence electrons. The number of hydrogen-bond donors (Lipinski definition) is 1. The molecule has 0 aliphatic heterocycles. The molecule has 1 aromatic heterocycles. The molecule has 0 radical (unpaired) electrons. The topological polar surface area (TPSA) is 53.6 Å². The SMILES string of the molecule is CC(Nc1cc(Br)ccc1C#N)c1ccnn1C. The molecular weight excluding hydrogens is 292 g/mol. The summed E-state index contributed by atoms with van der Waals surface area (Å²) in [4.78, 5) is 0. The van der Waals surface area contributed by atoms with Gasteiger partial charge in [-0.1, -0.05) is 15.9 Å². The summed E-state index contributed by atoms with van der Waals surface area (Å²) in [6, 6.07) is 9.79. The van der Waals surface area contributed by atoms with Crippen LogP contribution in [-0.2, 0) is 7.05 Å². The molecule has 1 N–H and O–H groups in total. The Morgan fingerprint density at radius 2 is 2.22 bits per heavy atom. The van der Waals surface area contributed by atoms with Gasteiger partial charge in [0.05, 0.1) is 23.0 Å². The molecule has 0 fully saturated rings. The van der Waals surface area contributed by atoms with Gasteiger partial charge in [0, 0.05) is 17.7 Å². The highest BCUT2D eigenvalue weighted by Crippen LogP contribution is 2.25. The van der Waals surface area contributed by atoms with Crippen LogP contribution in [-0.4, -0.2) is 9.78 Å². The summed E-state index contributed by atoms with van der Waals surface area (Å²) < 4.78 is 2.77. The van der Waals surface area contributed by atoms with Crippen molar-refractivity contribution in [3.05, 3.63) is 46.2 Å². The molecule has 0 bridgehead atoms. The molecule has 1 unspecified atom stereocenters. The smallest absolute Gasteiger partial charge is 0.101 e. The number of nitrogens with zero attached hydrogens (tertiary/aromatic N) is 3. The average Bonchev–Trinajstić information content (AvgIpc) is 2.76. The van der Waals surface area contributed by atoms with Gasteiger partial charge in [0.15, 0.2) is 0 Å². The van der Waals surface area contributed by atoms with Crippen molar-refractivity contribution in [2.75, 3.05) is 5.32 Å². The van der Waals surface area contributed by atoms with Crippen LogP contribution in [0.2, 0.25) is 0 Å². The summed E-state index contributed by atoms with van der Waals surface area (Å²) in [5.74, 6) is 0. The van der Waals surface area contributed by atoms with Gasteiger partial charge in [0.2, 0.25) is 0 Å². The minimum absolute atomic E-state index is 0.0823. The number of benzene rings is 1. The van der Waals surface area contributed by atoms with Gasteiger partial charge in [-0.25, -0.2) is 0 Å². The number of aromatic nitrogens is 2. The predicted molar refractivity (Wildman–Crippen MR) is 74.1 cm³/mol. The monoisotopic (exact) mass is 304 g/mol. The van der Waals surface area contributed by atoms with Crippen molar-refractivity contribution >= 4 is 21.6 Å². The molecule has 2 aromatic rings. The van der Waals surface area contributed by atoms with Crippen LogP contribution < -0.4 is 5.32 Å². The van der Waals surface area contributed by atoms with E-state index in [-0.39, 0.29) is 6.04 Å². The Kier molecular flexibility index (Phi) is 3.68. The van der Waals surface area contributed by atoms with Gasteiger partial charge in [0.1, 0.15) is 6.07 Å². The molecule has 2 rings (SSSR count). The van der Waals surface area contributed by atoms with E-state index < -0.39 is 0 Å². The lowest BCUT2D eigenvalue weighted by molar-refractivity contribution is 0.675. The van der Waals surface area contributed by atoms with E-state index in [4.69, 9.17) is 5.26 Å². The highest BCUT2D eigenvalue weighted by atomic mass is 79.9. The van der Waals surface area contributed by atoms with Gasteiger partial charge in [-0.2, -0.15) is 10.4 Å². The number of nitrogens with one attached hydrogen (secondary N) is 1. The summed E-state index contributed by atoms with van der Waals surface area (Å²) >= 11 is 3.41. The zero-order valence-corrected chi connectivity index (χ0v) is 11.8. The Labute approximate surface area is 114 Å². The van der Waals surface area contributed by atoms with E-state index in [0.717, 1.165) is 15.9 Å². The zero-order valence-electron chi connectivity index (χ0n) is 10.2. The van der Waals surface area contributed by atoms with Crippen LogP contribution in [0.3, 0.4) is 0 Å². The van der Waals surface area contributed by atoms with Crippen molar-refractivity contribution in [1.82, 2.24) is 9.78 Å². The second-order valence-corrected chi connectivity index (χ2v) is 4.96. The first-order chi connectivity index (χ1) is 8.61. The third-order valence-corrected chi connectivity index (χ3v) is 3.27. The van der Waals surface area contributed by atoms with E-state index in [2.05, 4.69) is 32.4 Å². The molecule has 18 heavy (non-hydrogen) atoms. The molecule has 0 saturated carbocycles. The van der Waals surface area contributed by atoms with Crippen molar-refractivity contribution in [3.8, 4) is 6.07 Å². The van der Waals surface area contributed by atoms with Gasteiger partial charge in [-0.3, -0.25) is 4.68 Å². The van der Waals surface area contributed by atoms with Crippen molar-refractivity contribution in [2.24, 2.45) is 7.05 Å². The van der Waals surface area contributed by atoms with Crippen molar-refractivity contribution in [2.45, 2.75) is 13.0 Å². The van der Waals surface area contributed by atoms with Crippen molar-refractivity contribution < 1.29 is 0 Å². The van der Waals surface area contributed by atoms with Crippen LogP contribution in [0.4, 0.5) is 5.69 Å².